The second-order valence-corrected chi connectivity index (χ2v) is 4.18. The zero-order valence-corrected chi connectivity index (χ0v) is 10.5. The maximum Gasteiger partial charge on any atom is 0.0834 e. The highest BCUT2D eigenvalue weighted by molar-refractivity contribution is 6.31. The van der Waals surface area contributed by atoms with Gasteiger partial charge >= 0.3 is 0 Å². The molecule has 1 atom stereocenters. The van der Waals surface area contributed by atoms with Crippen LogP contribution >= 0.6 is 11.6 Å². The Morgan fingerprint density at radius 1 is 1.47 bits per heavy atom. The normalized spacial score (nSPS) is 13.1. The number of aryl methyl sites for hydroxylation is 1. The van der Waals surface area contributed by atoms with E-state index in [1.54, 1.807) is 6.20 Å². The van der Waals surface area contributed by atoms with E-state index < -0.39 is 0 Å². The predicted molar refractivity (Wildman–Crippen MR) is 64.2 cm³/mol. The third-order valence-electron chi connectivity index (χ3n) is 2.38. The molecule has 0 fully saturated rings. The van der Waals surface area contributed by atoms with Crippen LogP contribution < -0.4 is 5.32 Å². The fourth-order valence-electron chi connectivity index (χ4n) is 1.65. The Hall–Kier alpha value is -0.540. The first-order chi connectivity index (χ1) is 7.20. The molecule has 0 radical (unpaired) electrons. The van der Waals surface area contributed by atoms with Crippen molar-refractivity contribution >= 4 is 11.6 Å². The fraction of sp³-hybridized carbons (Fsp3) is 0.727. The van der Waals surface area contributed by atoms with E-state index in [9.17, 15) is 0 Å². The van der Waals surface area contributed by atoms with Gasteiger partial charge < -0.3 is 5.32 Å². The maximum absolute atomic E-state index is 6.13. The molecule has 0 aliphatic heterocycles. The molecule has 1 rings (SSSR count). The summed E-state index contributed by atoms with van der Waals surface area (Å²) >= 11 is 6.13. The molecule has 1 N–H and O–H groups in total. The molecular weight excluding hydrogens is 210 g/mol. The van der Waals surface area contributed by atoms with Gasteiger partial charge in [0.1, 0.15) is 0 Å². The molecule has 0 amide bonds. The van der Waals surface area contributed by atoms with Gasteiger partial charge in [-0.05, 0) is 26.3 Å². The number of rotatable bonds is 6. The molecule has 0 aliphatic rings. The minimum absolute atomic E-state index is 0.270. The maximum atomic E-state index is 6.13. The van der Waals surface area contributed by atoms with Gasteiger partial charge in [-0.2, -0.15) is 5.10 Å². The van der Waals surface area contributed by atoms with Gasteiger partial charge in [0.15, 0.2) is 0 Å². The number of hydrogen-bond donors (Lipinski definition) is 1. The van der Waals surface area contributed by atoms with Gasteiger partial charge in [0.25, 0.3) is 0 Å². The zero-order valence-electron chi connectivity index (χ0n) is 9.76. The van der Waals surface area contributed by atoms with Crippen molar-refractivity contribution < 1.29 is 0 Å². The summed E-state index contributed by atoms with van der Waals surface area (Å²) in [6.45, 7) is 8.37. The standard InChI is InChI=1S/C11H20ClN3/c1-4-6-13-9(3)11-10(12)8-14-15(11)7-5-2/h8-9,13H,4-7H2,1-3H3. The summed E-state index contributed by atoms with van der Waals surface area (Å²) in [4.78, 5) is 0. The van der Waals surface area contributed by atoms with Crippen LogP contribution in [0.4, 0.5) is 0 Å². The average Bonchev–Trinajstić information content (AvgIpc) is 2.57. The smallest absolute Gasteiger partial charge is 0.0834 e. The Morgan fingerprint density at radius 3 is 2.80 bits per heavy atom. The van der Waals surface area contributed by atoms with Crippen LogP contribution in [0.2, 0.25) is 5.02 Å². The summed E-state index contributed by atoms with van der Waals surface area (Å²) in [5.74, 6) is 0. The van der Waals surface area contributed by atoms with Crippen molar-refractivity contribution in [2.75, 3.05) is 6.54 Å². The molecule has 0 aromatic carbocycles. The molecule has 1 aromatic heterocycles. The molecular formula is C11H20ClN3. The predicted octanol–water partition coefficient (Wildman–Crippen LogP) is 3.01. The van der Waals surface area contributed by atoms with Crippen LogP contribution in [-0.2, 0) is 6.54 Å². The average molecular weight is 230 g/mol. The molecule has 0 spiro atoms. The third kappa shape index (κ3) is 3.21. The minimum Gasteiger partial charge on any atom is -0.309 e. The molecule has 1 unspecified atom stereocenters. The lowest BCUT2D eigenvalue weighted by Crippen LogP contribution is -2.22. The Labute approximate surface area is 96.8 Å². The largest absolute Gasteiger partial charge is 0.309 e. The van der Waals surface area contributed by atoms with Crippen LogP contribution in [0.5, 0.6) is 0 Å². The van der Waals surface area contributed by atoms with Gasteiger partial charge in [0.05, 0.1) is 16.9 Å². The molecule has 0 bridgehead atoms. The molecule has 4 heteroatoms. The third-order valence-corrected chi connectivity index (χ3v) is 2.67. The Morgan fingerprint density at radius 2 is 2.20 bits per heavy atom. The van der Waals surface area contributed by atoms with E-state index in [2.05, 4.69) is 31.2 Å². The number of nitrogens with one attached hydrogen (secondary N) is 1. The molecule has 86 valence electrons. The van der Waals surface area contributed by atoms with Crippen molar-refractivity contribution in [3.63, 3.8) is 0 Å². The quantitative estimate of drug-likeness (QED) is 0.813. The first kappa shape index (κ1) is 12.5. The Kier molecular flexibility index (Phi) is 5.12. The van der Waals surface area contributed by atoms with Crippen molar-refractivity contribution in [1.82, 2.24) is 15.1 Å². The van der Waals surface area contributed by atoms with E-state index in [-0.39, 0.29) is 6.04 Å². The SMILES string of the molecule is CCCNC(C)c1c(Cl)cnn1CCC. The van der Waals surface area contributed by atoms with Gasteiger partial charge in [0.2, 0.25) is 0 Å². The Bertz CT molecular complexity index is 296. The zero-order chi connectivity index (χ0) is 11.3. The highest BCUT2D eigenvalue weighted by Crippen LogP contribution is 2.22. The fourth-order valence-corrected chi connectivity index (χ4v) is 1.95. The summed E-state index contributed by atoms with van der Waals surface area (Å²) in [6.07, 6.45) is 3.94. The summed E-state index contributed by atoms with van der Waals surface area (Å²) in [5, 5.41) is 8.47. The lowest BCUT2D eigenvalue weighted by atomic mass is 10.2. The Balaban J connectivity index is 2.75. The van der Waals surface area contributed by atoms with Crippen LogP contribution in [0.25, 0.3) is 0 Å². The highest BCUT2D eigenvalue weighted by Gasteiger charge is 2.14. The van der Waals surface area contributed by atoms with Crippen molar-refractivity contribution in [3.05, 3.63) is 16.9 Å². The van der Waals surface area contributed by atoms with E-state index in [0.717, 1.165) is 36.6 Å². The van der Waals surface area contributed by atoms with Gasteiger partial charge in [-0.1, -0.05) is 25.4 Å². The molecule has 0 saturated heterocycles. The van der Waals surface area contributed by atoms with Gasteiger partial charge in [-0.3, -0.25) is 4.68 Å². The number of halogens is 1. The summed E-state index contributed by atoms with van der Waals surface area (Å²) in [7, 11) is 0. The summed E-state index contributed by atoms with van der Waals surface area (Å²) in [5.41, 5.74) is 1.10. The van der Waals surface area contributed by atoms with Crippen LogP contribution in [0.1, 0.15) is 45.3 Å². The second kappa shape index (κ2) is 6.13. The molecule has 1 aromatic rings. The number of aromatic nitrogens is 2. The first-order valence-corrected chi connectivity index (χ1v) is 6.03. The first-order valence-electron chi connectivity index (χ1n) is 5.65. The monoisotopic (exact) mass is 229 g/mol. The van der Waals surface area contributed by atoms with Crippen LogP contribution in [-0.4, -0.2) is 16.3 Å². The minimum atomic E-state index is 0.270. The summed E-state index contributed by atoms with van der Waals surface area (Å²) in [6, 6.07) is 0.270. The lowest BCUT2D eigenvalue weighted by Gasteiger charge is -2.15. The molecule has 15 heavy (non-hydrogen) atoms. The topological polar surface area (TPSA) is 29.9 Å². The van der Waals surface area contributed by atoms with Gasteiger partial charge in [-0.25, -0.2) is 0 Å². The highest BCUT2D eigenvalue weighted by atomic mass is 35.5. The molecule has 3 nitrogen and oxygen atoms in total. The van der Waals surface area contributed by atoms with E-state index in [1.807, 2.05) is 4.68 Å². The van der Waals surface area contributed by atoms with E-state index in [4.69, 9.17) is 11.6 Å². The van der Waals surface area contributed by atoms with Crippen LogP contribution in [0.3, 0.4) is 0 Å². The van der Waals surface area contributed by atoms with E-state index >= 15 is 0 Å². The van der Waals surface area contributed by atoms with Crippen molar-refractivity contribution in [2.24, 2.45) is 0 Å². The van der Waals surface area contributed by atoms with Crippen molar-refractivity contribution in [2.45, 2.75) is 46.2 Å². The van der Waals surface area contributed by atoms with E-state index in [1.165, 1.54) is 0 Å². The molecule has 0 saturated carbocycles. The van der Waals surface area contributed by atoms with E-state index in [0.29, 0.717) is 0 Å². The van der Waals surface area contributed by atoms with Crippen LogP contribution in [0.15, 0.2) is 6.20 Å². The van der Waals surface area contributed by atoms with Gasteiger partial charge in [-0.15, -0.1) is 0 Å². The molecule has 0 aliphatic carbocycles. The molecule has 1 heterocycles. The lowest BCUT2D eigenvalue weighted by molar-refractivity contribution is 0.494. The van der Waals surface area contributed by atoms with Crippen LogP contribution in [0, 0.1) is 0 Å². The number of hydrogen-bond acceptors (Lipinski definition) is 2. The number of nitrogens with zero attached hydrogens (tertiary/aromatic N) is 2. The van der Waals surface area contributed by atoms with Crippen molar-refractivity contribution in [1.29, 1.82) is 0 Å². The van der Waals surface area contributed by atoms with Gasteiger partial charge in [0, 0.05) is 12.6 Å². The second-order valence-electron chi connectivity index (χ2n) is 3.78. The summed E-state index contributed by atoms with van der Waals surface area (Å²) < 4.78 is 2.00. The van der Waals surface area contributed by atoms with Crippen molar-refractivity contribution in [3.8, 4) is 0 Å².